The molecule has 0 amide bonds. The zero-order valence-electron chi connectivity index (χ0n) is 12.4. The molecular formula is C16H20N2O2S. The summed E-state index contributed by atoms with van der Waals surface area (Å²) in [7, 11) is 0. The molecule has 0 bridgehead atoms. The van der Waals surface area contributed by atoms with Gasteiger partial charge in [0.15, 0.2) is 11.5 Å². The first-order valence-corrected chi connectivity index (χ1v) is 8.08. The molecule has 1 aliphatic heterocycles. The molecule has 1 N–H and O–H groups in total. The number of aromatic nitrogens is 1. The summed E-state index contributed by atoms with van der Waals surface area (Å²) in [5, 5.41) is 4.62. The third-order valence-electron chi connectivity index (χ3n) is 3.50. The van der Waals surface area contributed by atoms with Crippen LogP contribution in [0.5, 0.6) is 11.5 Å². The van der Waals surface area contributed by atoms with Crippen LogP contribution in [-0.4, -0.2) is 18.2 Å². The lowest BCUT2D eigenvalue weighted by Crippen LogP contribution is -2.18. The van der Waals surface area contributed by atoms with Crippen molar-refractivity contribution in [2.24, 2.45) is 0 Å². The van der Waals surface area contributed by atoms with Crippen molar-refractivity contribution >= 4 is 11.3 Å². The van der Waals surface area contributed by atoms with Crippen molar-refractivity contribution in [1.82, 2.24) is 10.3 Å². The number of rotatable bonds is 4. The first kappa shape index (κ1) is 14.4. The predicted molar refractivity (Wildman–Crippen MR) is 84.2 cm³/mol. The summed E-state index contributed by atoms with van der Waals surface area (Å²) in [4.78, 5) is 5.62. The number of hydrogen-bond donors (Lipinski definition) is 1. The minimum Gasteiger partial charge on any atom is -0.490 e. The maximum absolute atomic E-state index is 5.74. The van der Waals surface area contributed by atoms with Crippen molar-refractivity contribution in [3.05, 3.63) is 39.8 Å². The summed E-state index contributed by atoms with van der Waals surface area (Å²) in [6.45, 7) is 6.46. The molecule has 1 atom stereocenters. The molecule has 0 saturated heterocycles. The molecule has 3 rings (SSSR count). The first-order valence-electron chi connectivity index (χ1n) is 7.26. The molecule has 0 saturated carbocycles. The quantitative estimate of drug-likeness (QED) is 0.939. The average molecular weight is 304 g/mol. The predicted octanol–water partition coefficient (Wildman–Crippen LogP) is 3.46. The van der Waals surface area contributed by atoms with Crippen molar-refractivity contribution in [1.29, 1.82) is 0 Å². The van der Waals surface area contributed by atoms with Crippen molar-refractivity contribution in [3.8, 4) is 11.5 Å². The van der Waals surface area contributed by atoms with Crippen LogP contribution < -0.4 is 14.8 Å². The van der Waals surface area contributed by atoms with Gasteiger partial charge in [-0.15, -0.1) is 11.3 Å². The molecule has 0 radical (unpaired) electrons. The van der Waals surface area contributed by atoms with Crippen molar-refractivity contribution in [3.63, 3.8) is 0 Å². The number of benzene rings is 1. The molecule has 0 fully saturated rings. The van der Waals surface area contributed by atoms with Gasteiger partial charge in [-0.2, -0.15) is 0 Å². The molecule has 1 aliphatic rings. The fourth-order valence-corrected chi connectivity index (χ4v) is 3.03. The Morgan fingerprint density at radius 1 is 1.29 bits per heavy atom. The molecular weight excluding hydrogens is 284 g/mol. The van der Waals surface area contributed by atoms with Crippen LogP contribution in [0.2, 0.25) is 0 Å². The number of hydrogen-bond acceptors (Lipinski definition) is 5. The van der Waals surface area contributed by atoms with Crippen LogP contribution in [0.3, 0.4) is 0 Å². The molecule has 4 nitrogen and oxygen atoms in total. The highest BCUT2D eigenvalue weighted by atomic mass is 32.1. The van der Waals surface area contributed by atoms with E-state index in [1.54, 1.807) is 11.3 Å². The standard InChI is InChI=1S/C16H20N2O2S/c1-11-9-18-16(21-11)10-17-12(2)13-4-5-14-15(8-13)20-7-3-6-19-14/h4-5,8-9,12,17H,3,6-7,10H2,1-2H3. The van der Waals surface area contributed by atoms with Crippen LogP contribution in [-0.2, 0) is 6.54 Å². The summed E-state index contributed by atoms with van der Waals surface area (Å²) in [6, 6.07) is 6.41. The Hall–Kier alpha value is -1.59. The summed E-state index contributed by atoms with van der Waals surface area (Å²) in [5.41, 5.74) is 1.20. The smallest absolute Gasteiger partial charge is 0.161 e. The van der Waals surface area contributed by atoms with E-state index >= 15 is 0 Å². The Bertz CT molecular complexity index is 612. The summed E-state index contributed by atoms with van der Waals surface area (Å²) < 4.78 is 11.4. The maximum atomic E-state index is 5.74. The van der Waals surface area contributed by atoms with E-state index in [4.69, 9.17) is 9.47 Å². The zero-order chi connectivity index (χ0) is 14.7. The highest BCUT2D eigenvalue weighted by Crippen LogP contribution is 2.32. The van der Waals surface area contributed by atoms with Crippen LogP contribution in [0.25, 0.3) is 0 Å². The van der Waals surface area contributed by atoms with E-state index in [0.717, 1.165) is 42.7 Å². The monoisotopic (exact) mass is 304 g/mol. The number of nitrogens with one attached hydrogen (secondary N) is 1. The van der Waals surface area contributed by atoms with E-state index in [1.165, 1.54) is 10.4 Å². The molecule has 2 aromatic rings. The molecule has 0 aliphatic carbocycles. The Kier molecular flexibility index (Phi) is 4.41. The fraction of sp³-hybridized carbons (Fsp3) is 0.438. The van der Waals surface area contributed by atoms with Gasteiger partial charge in [0.2, 0.25) is 0 Å². The summed E-state index contributed by atoms with van der Waals surface area (Å²) >= 11 is 1.73. The third-order valence-corrected chi connectivity index (χ3v) is 4.41. The van der Waals surface area contributed by atoms with E-state index in [0.29, 0.717) is 0 Å². The molecule has 5 heteroatoms. The average Bonchev–Trinajstić information content (AvgIpc) is 2.77. The molecule has 21 heavy (non-hydrogen) atoms. The molecule has 1 unspecified atom stereocenters. The number of thiazole rings is 1. The second-order valence-corrected chi connectivity index (χ2v) is 6.54. The highest BCUT2D eigenvalue weighted by Gasteiger charge is 2.13. The highest BCUT2D eigenvalue weighted by molar-refractivity contribution is 7.11. The SMILES string of the molecule is Cc1cnc(CNC(C)c2ccc3c(c2)OCCCO3)s1. The number of aryl methyl sites for hydroxylation is 1. The van der Waals surface area contributed by atoms with Crippen LogP contribution in [0.1, 0.15) is 34.8 Å². The van der Waals surface area contributed by atoms with Crippen molar-refractivity contribution < 1.29 is 9.47 Å². The minimum atomic E-state index is 0.242. The van der Waals surface area contributed by atoms with E-state index in [-0.39, 0.29) is 6.04 Å². The second-order valence-electron chi connectivity index (χ2n) is 5.22. The lowest BCUT2D eigenvalue weighted by molar-refractivity contribution is 0.297. The lowest BCUT2D eigenvalue weighted by Gasteiger charge is -2.15. The van der Waals surface area contributed by atoms with E-state index in [9.17, 15) is 0 Å². The Morgan fingerprint density at radius 3 is 2.86 bits per heavy atom. The van der Waals surface area contributed by atoms with E-state index in [2.05, 4.69) is 36.3 Å². The van der Waals surface area contributed by atoms with Gasteiger partial charge in [-0.3, -0.25) is 0 Å². The van der Waals surface area contributed by atoms with Crippen LogP contribution in [0, 0.1) is 6.92 Å². The summed E-state index contributed by atoms with van der Waals surface area (Å²) in [6.07, 6.45) is 2.85. The van der Waals surface area contributed by atoms with Gasteiger partial charge in [0.25, 0.3) is 0 Å². The number of ether oxygens (including phenoxy) is 2. The summed E-state index contributed by atoms with van der Waals surface area (Å²) in [5.74, 6) is 1.70. The van der Waals surface area contributed by atoms with Gasteiger partial charge in [-0.1, -0.05) is 6.07 Å². The van der Waals surface area contributed by atoms with Crippen LogP contribution in [0.15, 0.2) is 24.4 Å². The van der Waals surface area contributed by atoms with Crippen LogP contribution >= 0.6 is 11.3 Å². The molecule has 1 aromatic carbocycles. The normalized spacial score (nSPS) is 15.5. The lowest BCUT2D eigenvalue weighted by atomic mass is 10.1. The molecule has 2 heterocycles. The first-order chi connectivity index (χ1) is 10.2. The van der Waals surface area contributed by atoms with Gasteiger partial charge >= 0.3 is 0 Å². The van der Waals surface area contributed by atoms with Gasteiger partial charge in [-0.25, -0.2) is 4.98 Å². The third kappa shape index (κ3) is 3.54. The molecule has 0 spiro atoms. The Labute approximate surface area is 129 Å². The van der Waals surface area contributed by atoms with Gasteiger partial charge in [-0.05, 0) is 31.5 Å². The number of fused-ring (bicyclic) bond motifs is 1. The topological polar surface area (TPSA) is 43.4 Å². The largest absolute Gasteiger partial charge is 0.490 e. The number of nitrogens with zero attached hydrogens (tertiary/aromatic N) is 1. The van der Waals surface area contributed by atoms with Crippen LogP contribution in [0.4, 0.5) is 0 Å². The molecule has 1 aromatic heterocycles. The van der Waals surface area contributed by atoms with Crippen molar-refractivity contribution in [2.75, 3.05) is 13.2 Å². The van der Waals surface area contributed by atoms with E-state index < -0.39 is 0 Å². The minimum absolute atomic E-state index is 0.242. The maximum Gasteiger partial charge on any atom is 0.161 e. The van der Waals surface area contributed by atoms with Gasteiger partial charge in [0.1, 0.15) is 5.01 Å². The van der Waals surface area contributed by atoms with Gasteiger partial charge < -0.3 is 14.8 Å². The zero-order valence-corrected chi connectivity index (χ0v) is 13.2. The van der Waals surface area contributed by atoms with Gasteiger partial charge in [0.05, 0.1) is 13.2 Å². The second kappa shape index (κ2) is 6.45. The Balaban J connectivity index is 1.66. The Morgan fingerprint density at radius 2 is 2.10 bits per heavy atom. The van der Waals surface area contributed by atoms with E-state index in [1.807, 2.05) is 12.3 Å². The van der Waals surface area contributed by atoms with Crippen molar-refractivity contribution in [2.45, 2.75) is 32.9 Å². The molecule has 112 valence electrons. The fourth-order valence-electron chi connectivity index (χ4n) is 2.29. The van der Waals surface area contributed by atoms with Gasteiger partial charge in [0, 0.05) is 30.1 Å².